The number of para-hydroxylation sites is 1. The Bertz CT molecular complexity index is 1470. The molecule has 0 bridgehead atoms. The third-order valence-corrected chi connectivity index (χ3v) is 6.65. The Hall–Kier alpha value is -4.20. The van der Waals surface area contributed by atoms with Crippen molar-refractivity contribution in [3.8, 4) is 16.9 Å². The first-order valence-electron chi connectivity index (χ1n) is 12.8. The first kappa shape index (κ1) is 26.4. The van der Waals surface area contributed by atoms with Gasteiger partial charge >= 0.3 is 0 Å². The summed E-state index contributed by atoms with van der Waals surface area (Å²) in [6, 6.07) is 25.9. The molecule has 2 atom stereocenters. The quantitative estimate of drug-likeness (QED) is 0.323. The highest BCUT2D eigenvalue weighted by Crippen LogP contribution is 2.27. The van der Waals surface area contributed by atoms with Crippen LogP contribution in [0.3, 0.4) is 0 Å². The monoisotopic (exact) mass is 540 g/mol. The Morgan fingerprint density at radius 1 is 0.923 bits per heavy atom. The van der Waals surface area contributed by atoms with Crippen molar-refractivity contribution in [2.24, 2.45) is 0 Å². The van der Waals surface area contributed by atoms with E-state index in [4.69, 9.17) is 21.4 Å². The summed E-state index contributed by atoms with van der Waals surface area (Å²) in [6.07, 6.45) is 3.32. The number of hydrogen-bond donors (Lipinski definition) is 1. The Morgan fingerprint density at radius 2 is 1.54 bits per heavy atom. The molecular weight excluding hydrogens is 512 g/mol. The highest BCUT2D eigenvalue weighted by atomic mass is 35.5. The predicted molar refractivity (Wildman–Crippen MR) is 152 cm³/mol. The van der Waals surface area contributed by atoms with E-state index in [-0.39, 0.29) is 29.7 Å². The molecule has 2 amide bonds. The van der Waals surface area contributed by atoms with Gasteiger partial charge < -0.3 is 15.0 Å². The number of halogens is 1. The van der Waals surface area contributed by atoms with Gasteiger partial charge in [-0.25, -0.2) is 4.68 Å². The van der Waals surface area contributed by atoms with Gasteiger partial charge in [0, 0.05) is 41.0 Å². The molecule has 7 nitrogen and oxygen atoms in total. The summed E-state index contributed by atoms with van der Waals surface area (Å²) < 4.78 is 7.59. The molecule has 1 fully saturated rings. The van der Waals surface area contributed by atoms with Crippen LogP contribution in [0.2, 0.25) is 5.02 Å². The van der Waals surface area contributed by atoms with Gasteiger partial charge in [-0.05, 0) is 56.3 Å². The standard InChI is InChI=1S/C31H29ClN4O3/c1-21-18-35(19-22(2)39-21)31(38)28(33-30(37)24-9-5-3-6-10-24)17-25-20-36(27-11-7-4-8-12-27)34-29(25)23-13-15-26(32)16-14-23/h3-17,20-22H,18-19H2,1-2H3,(H,33,37)/b28-17-/t21-,22-/m1/s1. The average Bonchev–Trinajstić information content (AvgIpc) is 3.37. The molecule has 39 heavy (non-hydrogen) atoms. The highest BCUT2D eigenvalue weighted by molar-refractivity contribution is 6.30. The van der Waals surface area contributed by atoms with Gasteiger partial charge in [-0.2, -0.15) is 5.10 Å². The third-order valence-electron chi connectivity index (χ3n) is 6.40. The van der Waals surface area contributed by atoms with E-state index in [1.807, 2.05) is 68.6 Å². The molecule has 4 aromatic rings. The van der Waals surface area contributed by atoms with Crippen LogP contribution in [0.4, 0.5) is 0 Å². The van der Waals surface area contributed by atoms with E-state index in [0.717, 1.165) is 11.3 Å². The lowest BCUT2D eigenvalue weighted by atomic mass is 10.1. The van der Waals surface area contributed by atoms with Crippen molar-refractivity contribution in [2.75, 3.05) is 13.1 Å². The van der Waals surface area contributed by atoms with Crippen molar-refractivity contribution in [3.63, 3.8) is 0 Å². The molecule has 2 heterocycles. The van der Waals surface area contributed by atoms with E-state index >= 15 is 0 Å². The van der Waals surface area contributed by atoms with E-state index in [1.165, 1.54) is 0 Å². The van der Waals surface area contributed by atoms with Crippen LogP contribution in [0.25, 0.3) is 23.0 Å². The fourth-order valence-corrected chi connectivity index (χ4v) is 4.77. The molecule has 5 rings (SSSR count). The normalized spacial score (nSPS) is 17.6. The third kappa shape index (κ3) is 6.28. The molecule has 198 valence electrons. The van der Waals surface area contributed by atoms with Gasteiger partial charge in [0.25, 0.3) is 11.8 Å². The van der Waals surface area contributed by atoms with Crippen LogP contribution in [0.1, 0.15) is 29.8 Å². The molecule has 1 saturated heterocycles. The van der Waals surface area contributed by atoms with Crippen LogP contribution in [-0.2, 0) is 9.53 Å². The number of ether oxygens (including phenoxy) is 1. The topological polar surface area (TPSA) is 76.5 Å². The lowest BCUT2D eigenvalue weighted by Gasteiger charge is -2.35. The smallest absolute Gasteiger partial charge is 0.270 e. The van der Waals surface area contributed by atoms with Crippen molar-refractivity contribution in [1.82, 2.24) is 20.0 Å². The Balaban J connectivity index is 1.60. The van der Waals surface area contributed by atoms with Crippen LogP contribution < -0.4 is 5.32 Å². The van der Waals surface area contributed by atoms with Gasteiger partial charge in [-0.15, -0.1) is 0 Å². The summed E-state index contributed by atoms with van der Waals surface area (Å²) in [4.78, 5) is 28.8. The van der Waals surface area contributed by atoms with Gasteiger partial charge in [-0.1, -0.05) is 60.1 Å². The van der Waals surface area contributed by atoms with Gasteiger partial charge in [-0.3, -0.25) is 9.59 Å². The molecule has 0 saturated carbocycles. The molecule has 1 aliphatic heterocycles. The second-order valence-corrected chi connectivity index (χ2v) is 10.0. The summed E-state index contributed by atoms with van der Waals surface area (Å²) in [5, 5.41) is 8.33. The number of rotatable bonds is 6. The molecule has 0 radical (unpaired) electrons. The van der Waals surface area contributed by atoms with Crippen LogP contribution in [0.15, 0.2) is 96.8 Å². The number of nitrogens with zero attached hydrogens (tertiary/aromatic N) is 3. The minimum absolute atomic E-state index is 0.116. The van der Waals surface area contributed by atoms with E-state index in [0.29, 0.717) is 34.9 Å². The zero-order valence-electron chi connectivity index (χ0n) is 21.8. The van der Waals surface area contributed by atoms with Crippen LogP contribution >= 0.6 is 11.6 Å². The molecule has 3 aromatic carbocycles. The van der Waals surface area contributed by atoms with Crippen LogP contribution in [0.5, 0.6) is 0 Å². The number of amides is 2. The molecular formula is C31H29ClN4O3. The predicted octanol–water partition coefficient (Wildman–Crippen LogP) is 5.60. The van der Waals surface area contributed by atoms with Crippen molar-refractivity contribution in [1.29, 1.82) is 0 Å². The number of benzene rings is 3. The number of morpholine rings is 1. The lowest BCUT2D eigenvalue weighted by molar-refractivity contribution is -0.139. The summed E-state index contributed by atoms with van der Waals surface area (Å²) in [5.41, 5.74) is 3.64. The maximum Gasteiger partial charge on any atom is 0.270 e. The number of aromatic nitrogens is 2. The molecule has 8 heteroatoms. The SMILES string of the molecule is C[C@@H]1CN(C(=O)/C(=C/c2cn(-c3ccccc3)nc2-c2ccc(Cl)cc2)NC(=O)c2ccccc2)C[C@@H](C)O1. The van der Waals surface area contributed by atoms with E-state index in [1.54, 1.807) is 52.1 Å². The Kier molecular flexibility index (Phi) is 7.91. The van der Waals surface area contributed by atoms with Crippen molar-refractivity contribution in [2.45, 2.75) is 26.1 Å². The largest absolute Gasteiger partial charge is 0.372 e. The highest BCUT2D eigenvalue weighted by Gasteiger charge is 2.29. The maximum absolute atomic E-state index is 13.9. The summed E-state index contributed by atoms with van der Waals surface area (Å²) in [6.45, 7) is 4.72. The molecule has 1 aliphatic rings. The van der Waals surface area contributed by atoms with E-state index in [2.05, 4.69) is 5.32 Å². The summed E-state index contributed by atoms with van der Waals surface area (Å²) >= 11 is 6.15. The Labute approximate surface area is 232 Å². The van der Waals surface area contributed by atoms with Gasteiger partial charge in [0.2, 0.25) is 0 Å². The van der Waals surface area contributed by atoms with Gasteiger partial charge in [0.05, 0.1) is 17.9 Å². The fourth-order valence-electron chi connectivity index (χ4n) is 4.64. The second kappa shape index (κ2) is 11.7. The van der Waals surface area contributed by atoms with Crippen molar-refractivity contribution >= 4 is 29.5 Å². The first-order valence-corrected chi connectivity index (χ1v) is 13.2. The number of nitrogens with one attached hydrogen (secondary N) is 1. The van der Waals surface area contributed by atoms with Crippen LogP contribution in [0, 0.1) is 0 Å². The fraction of sp³-hybridized carbons (Fsp3) is 0.194. The van der Waals surface area contributed by atoms with Gasteiger partial charge in [0.15, 0.2) is 0 Å². The lowest BCUT2D eigenvalue weighted by Crippen LogP contribution is -2.50. The maximum atomic E-state index is 13.9. The minimum Gasteiger partial charge on any atom is -0.372 e. The zero-order valence-corrected chi connectivity index (χ0v) is 22.5. The Morgan fingerprint density at radius 3 is 2.18 bits per heavy atom. The van der Waals surface area contributed by atoms with Crippen LogP contribution in [-0.4, -0.2) is 51.8 Å². The number of carbonyl (C=O) groups is 2. The zero-order chi connectivity index (χ0) is 27.4. The van der Waals surface area contributed by atoms with E-state index < -0.39 is 0 Å². The molecule has 0 spiro atoms. The van der Waals surface area contributed by atoms with E-state index in [9.17, 15) is 9.59 Å². The second-order valence-electron chi connectivity index (χ2n) is 9.57. The first-order chi connectivity index (χ1) is 18.9. The average molecular weight is 541 g/mol. The van der Waals surface area contributed by atoms with Gasteiger partial charge in [0.1, 0.15) is 11.4 Å². The summed E-state index contributed by atoms with van der Waals surface area (Å²) in [7, 11) is 0. The minimum atomic E-state index is -0.368. The van der Waals surface area contributed by atoms with Crippen molar-refractivity contribution < 1.29 is 14.3 Å². The summed E-state index contributed by atoms with van der Waals surface area (Å²) in [5.74, 6) is -0.649. The molecule has 0 unspecified atom stereocenters. The number of carbonyl (C=O) groups excluding carboxylic acids is 2. The molecule has 1 N–H and O–H groups in total. The molecule has 1 aromatic heterocycles. The van der Waals surface area contributed by atoms with Crippen molar-refractivity contribution in [3.05, 3.63) is 113 Å². The number of hydrogen-bond acceptors (Lipinski definition) is 4. The molecule has 0 aliphatic carbocycles.